The van der Waals surface area contributed by atoms with E-state index in [-0.39, 0.29) is 0 Å². The Kier molecular flexibility index (Phi) is 4.79. The van der Waals surface area contributed by atoms with Crippen LogP contribution in [0.25, 0.3) is 0 Å². The third kappa shape index (κ3) is 3.64. The second kappa shape index (κ2) is 6.02. The smallest absolute Gasteiger partial charge is 0.185 e. The number of aromatic nitrogens is 1. The molecule has 0 spiro atoms. The molecule has 1 aromatic rings. The minimum atomic E-state index is 0.338. The zero-order chi connectivity index (χ0) is 14.0. The molecule has 1 aliphatic rings. The second-order valence-electron chi connectivity index (χ2n) is 6.02. The lowest BCUT2D eigenvalue weighted by molar-refractivity contribution is 0.644. The summed E-state index contributed by atoms with van der Waals surface area (Å²) in [7, 11) is 2.00. The van der Waals surface area contributed by atoms with Crippen LogP contribution in [0.15, 0.2) is 0 Å². The molecule has 1 aliphatic heterocycles. The lowest BCUT2D eigenvalue weighted by atomic mass is 10.1. The van der Waals surface area contributed by atoms with Gasteiger partial charge in [-0.15, -0.1) is 11.3 Å². The summed E-state index contributed by atoms with van der Waals surface area (Å²) in [4.78, 5) is 8.77. The van der Waals surface area contributed by atoms with Crippen molar-refractivity contribution in [1.29, 1.82) is 0 Å². The van der Waals surface area contributed by atoms with Gasteiger partial charge in [0.15, 0.2) is 5.13 Å². The van der Waals surface area contributed by atoms with Crippen molar-refractivity contribution in [2.75, 3.05) is 30.8 Å². The fraction of sp³-hybridized carbons (Fsp3) is 0.786. The van der Waals surface area contributed by atoms with Crippen molar-refractivity contribution in [3.05, 3.63) is 10.6 Å². The standard InChI is InChI=1S/C14H25N3S2/c1-10(2)12-11(8-15-5)19-13(16-12)17-6-7-18-14(3,4)9-17/h10,15H,6-9H2,1-5H3. The molecule has 0 aromatic carbocycles. The number of anilines is 1. The van der Waals surface area contributed by atoms with E-state index in [1.54, 1.807) is 0 Å². The van der Waals surface area contributed by atoms with Crippen LogP contribution in [0.4, 0.5) is 5.13 Å². The molecular formula is C14H25N3S2. The van der Waals surface area contributed by atoms with E-state index in [0.29, 0.717) is 10.7 Å². The summed E-state index contributed by atoms with van der Waals surface area (Å²) in [5, 5.41) is 4.47. The highest BCUT2D eigenvalue weighted by molar-refractivity contribution is 8.00. The fourth-order valence-electron chi connectivity index (χ4n) is 2.40. The quantitative estimate of drug-likeness (QED) is 0.923. The maximum absolute atomic E-state index is 4.91. The number of thioether (sulfide) groups is 1. The molecule has 0 aliphatic carbocycles. The van der Waals surface area contributed by atoms with Gasteiger partial charge in [-0.1, -0.05) is 13.8 Å². The first-order valence-corrected chi connectivity index (χ1v) is 8.76. The number of rotatable bonds is 4. The second-order valence-corrected chi connectivity index (χ2v) is 8.88. The minimum Gasteiger partial charge on any atom is -0.346 e. The summed E-state index contributed by atoms with van der Waals surface area (Å²) in [5.41, 5.74) is 1.27. The van der Waals surface area contributed by atoms with Gasteiger partial charge in [-0.05, 0) is 26.8 Å². The predicted molar refractivity (Wildman–Crippen MR) is 87.7 cm³/mol. The normalized spacial score (nSPS) is 19.2. The molecule has 0 atom stereocenters. The molecule has 108 valence electrons. The van der Waals surface area contributed by atoms with Gasteiger partial charge in [0.2, 0.25) is 0 Å². The van der Waals surface area contributed by atoms with E-state index in [2.05, 4.69) is 49.7 Å². The number of hydrogen-bond acceptors (Lipinski definition) is 5. The third-order valence-electron chi connectivity index (χ3n) is 3.30. The number of nitrogens with zero attached hydrogens (tertiary/aromatic N) is 2. The Morgan fingerprint density at radius 3 is 2.74 bits per heavy atom. The minimum absolute atomic E-state index is 0.338. The molecule has 5 heteroatoms. The van der Waals surface area contributed by atoms with Gasteiger partial charge in [0.05, 0.1) is 5.69 Å². The molecule has 2 heterocycles. The third-order valence-corrected chi connectivity index (χ3v) is 5.73. The van der Waals surface area contributed by atoms with Crippen molar-refractivity contribution in [2.45, 2.75) is 44.9 Å². The monoisotopic (exact) mass is 299 g/mol. The Labute approximate surface area is 125 Å². The number of thiazole rings is 1. The Morgan fingerprint density at radius 1 is 1.42 bits per heavy atom. The van der Waals surface area contributed by atoms with Gasteiger partial charge in [-0.2, -0.15) is 11.8 Å². The van der Waals surface area contributed by atoms with Gasteiger partial charge in [-0.3, -0.25) is 0 Å². The Hall–Kier alpha value is -0.260. The molecule has 3 nitrogen and oxygen atoms in total. The zero-order valence-corrected chi connectivity index (χ0v) is 14.2. The van der Waals surface area contributed by atoms with Gasteiger partial charge in [0, 0.05) is 35.0 Å². The first-order valence-electron chi connectivity index (χ1n) is 6.96. The molecule has 2 rings (SSSR count). The van der Waals surface area contributed by atoms with Crippen LogP contribution in [0.2, 0.25) is 0 Å². The largest absolute Gasteiger partial charge is 0.346 e. The SMILES string of the molecule is CNCc1sc(N2CCSC(C)(C)C2)nc1C(C)C. The van der Waals surface area contributed by atoms with Crippen LogP contribution in [0, 0.1) is 0 Å². The first kappa shape index (κ1) is 15.1. The molecule has 1 aromatic heterocycles. The van der Waals surface area contributed by atoms with E-state index < -0.39 is 0 Å². The summed E-state index contributed by atoms with van der Waals surface area (Å²) in [5.74, 6) is 1.70. The molecule has 0 bridgehead atoms. The average molecular weight is 300 g/mol. The summed E-state index contributed by atoms with van der Waals surface area (Å²) in [6, 6.07) is 0. The number of nitrogens with one attached hydrogen (secondary N) is 1. The molecule has 1 N–H and O–H groups in total. The van der Waals surface area contributed by atoms with Crippen LogP contribution in [-0.2, 0) is 6.54 Å². The number of hydrogen-bond donors (Lipinski definition) is 1. The van der Waals surface area contributed by atoms with E-state index in [4.69, 9.17) is 4.98 Å². The van der Waals surface area contributed by atoms with Gasteiger partial charge >= 0.3 is 0 Å². The van der Waals surface area contributed by atoms with Crippen molar-refractivity contribution in [3.8, 4) is 0 Å². The van der Waals surface area contributed by atoms with Crippen molar-refractivity contribution in [2.24, 2.45) is 0 Å². The van der Waals surface area contributed by atoms with Crippen molar-refractivity contribution in [3.63, 3.8) is 0 Å². The maximum atomic E-state index is 4.91. The van der Waals surface area contributed by atoms with Gasteiger partial charge in [0.1, 0.15) is 0 Å². The molecule has 0 radical (unpaired) electrons. The van der Waals surface area contributed by atoms with Gasteiger partial charge in [0.25, 0.3) is 0 Å². The van der Waals surface area contributed by atoms with Crippen LogP contribution in [-0.4, -0.2) is 35.6 Å². The van der Waals surface area contributed by atoms with Crippen molar-refractivity contribution >= 4 is 28.2 Å². The predicted octanol–water partition coefficient (Wildman–Crippen LogP) is 3.32. The van der Waals surface area contributed by atoms with Crippen LogP contribution in [0.3, 0.4) is 0 Å². The van der Waals surface area contributed by atoms with Crippen molar-refractivity contribution < 1.29 is 0 Å². The topological polar surface area (TPSA) is 28.2 Å². The summed E-state index contributed by atoms with van der Waals surface area (Å²) >= 11 is 3.93. The summed E-state index contributed by atoms with van der Waals surface area (Å²) < 4.78 is 0.338. The molecular weight excluding hydrogens is 274 g/mol. The lowest BCUT2D eigenvalue weighted by Gasteiger charge is -2.37. The van der Waals surface area contributed by atoms with E-state index in [9.17, 15) is 0 Å². The fourth-order valence-corrected chi connectivity index (χ4v) is 4.77. The van der Waals surface area contributed by atoms with E-state index in [0.717, 1.165) is 19.6 Å². The van der Waals surface area contributed by atoms with E-state index in [1.807, 2.05) is 18.4 Å². The molecule has 0 amide bonds. The Bertz CT molecular complexity index is 426. The van der Waals surface area contributed by atoms with Crippen LogP contribution >= 0.6 is 23.1 Å². The molecule has 19 heavy (non-hydrogen) atoms. The highest BCUT2D eigenvalue weighted by Gasteiger charge is 2.29. The highest BCUT2D eigenvalue weighted by atomic mass is 32.2. The van der Waals surface area contributed by atoms with Crippen LogP contribution in [0.5, 0.6) is 0 Å². The van der Waals surface area contributed by atoms with Gasteiger partial charge in [-0.25, -0.2) is 4.98 Å². The molecule has 1 saturated heterocycles. The molecule has 0 saturated carbocycles. The van der Waals surface area contributed by atoms with E-state index in [1.165, 1.54) is 21.5 Å². The van der Waals surface area contributed by atoms with E-state index >= 15 is 0 Å². The molecule has 0 unspecified atom stereocenters. The Balaban J connectivity index is 2.22. The van der Waals surface area contributed by atoms with Crippen LogP contribution < -0.4 is 10.2 Å². The zero-order valence-electron chi connectivity index (χ0n) is 12.6. The average Bonchev–Trinajstić information content (AvgIpc) is 2.72. The maximum Gasteiger partial charge on any atom is 0.185 e. The summed E-state index contributed by atoms with van der Waals surface area (Å²) in [6.45, 7) is 12.3. The first-order chi connectivity index (χ1) is 8.93. The molecule has 1 fully saturated rings. The van der Waals surface area contributed by atoms with Crippen molar-refractivity contribution in [1.82, 2.24) is 10.3 Å². The highest BCUT2D eigenvalue weighted by Crippen LogP contribution is 2.36. The van der Waals surface area contributed by atoms with Crippen LogP contribution in [0.1, 0.15) is 44.2 Å². The lowest BCUT2D eigenvalue weighted by Crippen LogP contribution is -2.43. The summed E-state index contributed by atoms with van der Waals surface area (Å²) in [6.07, 6.45) is 0. The van der Waals surface area contributed by atoms with Gasteiger partial charge < -0.3 is 10.2 Å². The Morgan fingerprint density at radius 2 is 2.16 bits per heavy atom.